The first-order chi connectivity index (χ1) is 15.2. The van der Waals surface area contributed by atoms with Crippen LogP contribution in [0.5, 0.6) is 0 Å². The maximum atomic E-state index is 12.6. The Bertz CT molecular complexity index is 944. The summed E-state index contributed by atoms with van der Waals surface area (Å²) >= 11 is 0. The van der Waals surface area contributed by atoms with Gasteiger partial charge < -0.3 is 15.7 Å². The number of aliphatic hydroxyl groups excluding tert-OH is 1. The maximum absolute atomic E-state index is 12.6. The standard InChI is InChI=1S/C23H27N3O6/c1-14(27)12-19(22(30)25-21(15(2)28)23(31)26-32)24-20(29)13-16-8-10-18(11-9-16)17-6-4-3-5-7-17/h3-11,15,19,21,28,32H,12-13H2,1-2H3,(H,24,29)(H,25,30)(H,26,31)/t15-,19+,21+/m1/s1. The molecule has 0 spiro atoms. The van der Waals surface area contributed by atoms with Crippen LogP contribution in [0.1, 0.15) is 25.8 Å². The summed E-state index contributed by atoms with van der Waals surface area (Å²) in [4.78, 5) is 48.3. The molecule has 0 fully saturated rings. The second-order valence-electron chi connectivity index (χ2n) is 7.47. The van der Waals surface area contributed by atoms with Gasteiger partial charge in [-0.2, -0.15) is 0 Å². The Morgan fingerprint density at radius 3 is 2.00 bits per heavy atom. The fraction of sp³-hybridized carbons (Fsp3) is 0.304. The highest BCUT2D eigenvalue weighted by molar-refractivity contribution is 5.95. The average Bonchev–Trinajstić information content (AvgIpc) is 2.76. The van der Waals surface area contributed by atoms with E-state index in [1.54, 1.807) is 12.1 Å². The van der Waals surface area contributed by atoms with Crippen molar-refractivity contribution < 1.29 is 29.5 Å². The number of ketones is 1. The van der Waals surface area contributed by atoms with Crippen molar-refractivity contribution in [1.29, 1.82) is 0 Å². The molecule has 5 N–H and O–H groups in total. The Morgan fingerprint density at radius 2 is 1.47 bits per heavy atom. The molecule has 0 aliphatic carbocycles. The number of rotatable bonds is 10. The summed E-state index contributed by atoms with van der Waals surface area (Å²) in [6.07, 6.45) is -1.63. The molecule has 32 heavy (non-hydrogen) atoms. The first-order valence-electron chi connectivity index (χ1n) is 10.1. The zero-order valence-corrected chi connectivity index (χ0v) is 17.9. The molecule has 0 heterocycles. The van der Waals surface area contributed by atoms with Crippen molar-refractivity contribution in [2.75, 3.05) is 0 Å². The Hall–Kier alpha value is -3.56. The number of hydrogen-bond donors (Lipinski definition) is 5. The third-order valence-corrected chi connectivity index (χ3v) is 4.74. The van der Waals surface area contributed by atoms with Crippen molar-refractivity contribution in [2.45, 2.75) is 44.9 Å². The summed E-state index contributed by atoms with van der Waals surface area (Å²) in [5, 5.41) is 23.2. The molecule has 3 atom stereocenters. The van der Waals surface area contributed by atoms with Gasteiger partial charge in [0.2, 0.25) is 11.8 Å². The Balaban J connectivity index is 2.05. The highest BCUT2D eigenvalue weighted by atomic mass is 16.5. The van der Waals surface area contributed by atoms with Crippen molar-refractivity contribution in [3.05, 3.63) is 60.2 Å². The highest BCUT2D eigenvalue weighted by Crippen LogP contribution is 2.19. The van der Waals surface area contributed by atoms with Crippen molar-refractivity contribution in [2.24, 2.45) is 0 Å². The minimum Gasteiger partial charge on any atom is -0.391 e. The third kappa shape index (κ3) is 7.29. The van der Waals surface area contributed by atoms with E-state index in [1.165, 1.54) is 19.3 Å². The highest BCUT2D eigenvalue weighted by Gasteiger charge is 2.30. The second-order valence-corrected chi connectivity index (χ2v) is 7.47. The van der Waals surface area contributed by atoms with Gasteiger partial charge >= 0.3 is 0 Å². The molecule has 2 aromatic carbocycles. The van der Waals surface area contributed by atoms with Gasteiger partial charge in [0.05, 0.1) is 12.5 Å². The fourth-order valence-electron chi connectivity index (χ4n) is 3.10. The monoisotopic (exact) mass is 441 g/mol. The van der Waals surface area contributed by atoms with Gasteiger partial charge in [0.1, 0.15) is 17.9 Å². The van der Waals surface area contributed by atoms with Crippen LogP contribution < -0.4 is 16.1 Å². The number of carbonyl (C=O) groups is 4. The molecule has 0 aliphatic rings. The van der Waals surface area contributed by atoms with E-state index >= 15 is 0 Å². The van der Waals surface area contributed by atoms with Crippen LogP contribution in [0.2, 0.25) is 0 Å². The number of benzene rings is 2. The first-order valence-corrected chi connectivity index (χ1v) is 10.1. The zero-order valence-electron chi connectivity index (χ0n) is 17.9. The van der Waals surface area contributed by atoms with Crippen LogP contribution >= 0.6 is 0 Å². The lowest BCUT2D eigenvalue weighted by atomic mass is 10.0. The Kier molecular flexibility index (Phi) is 9.06. The van der Waals surface area contributed by atoms with Crippen molar-refractivity contribution >= 4 is 23.5 Å². The third-order valence-electron chi connectivity index (χ3n) is 4.74. The predicted molar refractivity (Wildman–Crippen MR) is 116 cm³/mol. The number of carbonyl (C=O) groups excluding carboxylic acids is 4. The van der Waals surface area contributed by atoms with Crippen LogP contribution in [0.4, 0.5) is 0 Å². The van der Waals surface area contributed by atoms with Crippen molar-refractivity contribution in [3.63, 3.8) is 0 Å². The van der Waals surface area contributed by atoms with Crippen molar-refractivity contribution in [3.8, 4) is 11.1 Å². The number of amides is 3. The maximum Gasteiger partial charge on any atom is 0.268 e. The van der Waals surface area contributed by atoms with Gasteiger partial charge in [-0.25, -0.2) is 5.48 Å². The minimum atomic E-state index is -1.45. The lowest BCUT2D eigenvalue weighted by molar-refractivity contribution is -0.138. The minimum absolute atomic E-state index is 0.0201. The van der Waals surface area contributed by atoms with E-state index in [-0.39, 0.29) is 18.6 Å². The summed E-state index contributed by atoms with van der Waals surface area (Å²) in [6.45, 7) is 2.51. The van der Waals surface area contributed by atoms with E-state index in [4.69, 9.17) is 5.21 Å². The molecule has 9 nitrogen and oxygen atoms in total. The van der Waals surface area contributed by atoms with Crippen LogP contribution in [0, 0.1) is 0 Å². The molecule has 2 aromatic rings. The Labute approximate surface area is 185 Å². The average molecular weight is 441 g/mol. The quantitative estimate of drug-likeness (QED) is 0.272. The molecule has 0 saturated heterocycles. The molecule has 9 heteroatoms. The summed E-state index contributed by atoms with van der Waals surface area (Å²) in [7, 11) is 0. The number of aliphatic hydroxyl groups is 1. The van der Waals surface area contributed by atoms with Gasteiger partial charge in [-0.3, -0.25) is 24.4 Å². The lowest BCUT2D eigenvalue weighted by Crippen LogP contribution is -2.57. The number of hydrogen-bond acceptors (Lipinski definition) is 6. The van der Waals surface area contributed by atoms with Crippen LogP contribution in [-0.4, -0.2) is 52.0 Å². The topological polar surface area (TPSA) is 145 Å². The summed E-state index contributed by atoms with van der Waals surface area (Å²) in [5.41, 5.74) is 4.11. The molecule has 2 rings (SSSR count). The SMILES string of the molecule is CC(=O)C[C@H](NC(=O)Cc1ccc(-c2ccccc2)cc1)C(=O)N[C@H](C(=O)NO)[C@@H](C)O. The van der Waals surface area contributed by atoms with Gasteiger partial charge in [-0.1, -0.05) is 54.6 Å². The molecule has 3 amide bonds. The van der Waals surface area contributed by atoms with E-state index in [9.17, 15) is 24.3 Å². The van der Waals surface area contributed by atoms with E-state index in [0.29, 0.717) is 5.56 Å². The lowest BCUT2D eigenvalue weighted by Gasteiger charge is -2.23. The van der Waals surface area contributed by atoms with Gasteiger partial charge in [0.25, 0.3) is 5.91 Å². The summed E-state index contributed by atoms with van der Waals surface area (Å²) in [6, 6.07) is 14.4. The molecule has 0 aliphatic heterocycles. The number of Topliss-reactive ketones (excluding diaryl/α,β-unsaturated/α-hetero) is 1. The van der Waals surface area contributed by atoms with E-state index < -0.39 is 35.9 Å². The number of nitrogens with one attached hydrogen (secondary N) is 3. The van der Waals surface area contributed by atoms with Crippen LogP contribution in [-0.2, 0) is 25.6 Å². The van der Waals surface area contributed by atoms with Gasteiger partial charge in [-0.15, -0.1) is 0 Å². The molecule has 0 unspecified atom stereocenters. The van der Waals surface area contributed by atoms with E-state index in [2.05, 4.69) is 10.6 Å². The zero-order chi connectivity index (χ0) is 23.7. The van der Waals surface area contributed by atoms with E-state index in [0.717, 1.165) is 11.1 Å². The fourth-order valence-corrected chi connectivity index (χ4v) is 3.10. The van der Waals surface area contributed by atoms with Crippen molar-refractivity contribution in [1.82, 2.24) is 16.1 Å². The molecule has 0 bridgehead atoms. The van der Waals surface area contributed by atoms with Gasteiger partial charge in [0.15, 0.2) is 0 Å². The van der Waals surface area contributed by atoms with Crippen LogP contribution in [0.25, 0.3) is 11.1 Å². The van der Waals surface area contributed by atoms with Gasteiger partial charge in [0, 0.05) is 6.42 Å². The van der Waals surface area contributed by atoms with E-state index in [1.807, 2.05) is 42.5 Å². The first kappa shape index (κ1) is 24.7. The predicted octanol–water partition coefficient (Wildman–Crippen LogP) is 0.731. The Morgan fingerprint density at radius 1 is 0.875 bits per heavy atom. The van der Waals surface area contributed by atoms with Gasteiger partial charge in [-0.05, 0) is 30.5 Å². The number of hydroxylamine groups is 1. The van der Waals surface area contributed by atoms with Crippen LogP contribution in [0.3, 0.4) is 0 Å². The molecule has 170 valence electrons. The smallest absolute Gasteiger partial charge is 0.268 e. The molecule has 0 aromatic heterocycles. The summed E-state index contributed by atoms with van der Waals surface area (Å²) in [5.74, 6) is -2.70. The van der Waals surface area contributed by atoms with Crippen LogP contribution in [0.15, 0.2) is 54.6 Å². The molecular formula is C23H27N3O6. The second kappa shape index (κ2) is 11.7. The molecular weight excluding hydrogens is 414 g/mol. The molecule has 0 radical (unpaired) electrons. The molecule has 0 saturated carbocycles. The largest absolute Gasteiger partial charge is 0.391 e. The summed E-state index contributed by atoms with van der Waals surface area (Å²) < 4.78 is 0. The normalized spacial score (nSPS) is 13.4.